The monoisotopic (exact) mass is 451 g/mol. The van der Waals surface area contributed by atoms with Gasteiger partial charge in [0.05, 0.1) is 12.1 Å². The number of fused-ring (bicyclic) bond motifs is 1. The molecule has 4 rings (SSSR count). The molecule has 0 saturated carbocycles. The highest BCUT2D eigenvalue weighted by Gasteiger charge is 2.30. The fraction of sp³-hybridized carbons (Fsp3) is 0.308. The van der Waals surface area contributed by atoms with Crippen LogP contribution in [0, 0.1) is 6.92 Å². The van der Waals surface area contributed by atoms with Gasteiger partial charge >= 0.3 is 0 Å². The predicted molar refractivity (Wildman–Crippen MR) is 128 cm³/mol. The van der Waals surface area contributed by atoms with Crippen LogP contribution in [0.25, 0.3) is 11.1 Å². The lowest BCUT2D eigenvalue weighted by Gasteiger charge is -2.18. The second-order valence-corrected chi connectivity index (χ2v) is 9.33. The quantitative estimate of drug-likeness (QED) is 0.341. The van der Waals surface area contributed by atoms with Crippen LogP contribution in [-0.4, -0.2) is 31.9 Å². The van der Waals surface area contributed by atoms with E-state index in [0.717, 1.165) is 22.4 Å². The smallest absolute Gasteiger partial charge is 0.140 e. The van der Waals surface area contributed by atoms with E-state index in [0.29, 0.717) is 26.0 Å². The van der Waals surface area contributed by atoms with Crippen molar-refractivity contribution in [1.82, 2.24) is 5.32 Å². The standard InChI is InChI=1S/C26H29NO4S/c1-18-20(9-5-10-23(18)19-7-3-2-4-8-19)17-31-22-11-12-24-21(15-22)16-25(28)26(24)27-13-6-14-32(29)30/h2-5,7-12,15,25-28,32H,6,13-14,16-17H2,1H3/t25-,26+/m1/s1. The number of aliphatic hydroxyl groups excluding tert-OH is 1. The Hall–Kier alpha value is -2.67. The van der Waals surface area contributed by atoms with E-state index >= 15 is 0 Å². The first-order chi connectivity index (χ1) is 15.5. The van der Waals surface area contributed by atoms with Crippen LogP contribution in [0.3, 0.4) is 0 Å². The highest BCUT2D eigenvalue weighted by molar-refractivity contribution is 7.72. The summed E-state index contributed by atoms with van der Waals surface area (Å²) in [5.74, 6) is 0.944. The third kappa shape index (κ3) is 5.21. The van der Waals surface area contributed by atoms with Crippen molar-refractivity contribution in [2.45, 2.75) is 38.5 Å². The summed E-state index contributed by atoms with van der Waals surface area (Å²) in [6.45, 7) is 3.15. The Balaban J connectivity index is 1.42. The molecule has 0 spiro atoms. The highest BCUT2D eigenvalue weighted by atomic mass is 32.2. The number of hydrogen-bond acceptors (Lipinski definition) is 5. The van der Waals surface area contributed by atoms with Crippen molar-refractivity contribution in [3.63, 3.8) is 0 Å². The van der Waals surface area contributed by atoms with E-state index in [4.69, 9.17) is 4.74 Å². The molecule has 0 saturated heterocycles. The normalized spacial score (nSPS) is 17.5. The molecular formula is C26H29NO4S. The molecule has 3 aromatic carbocycles. The molecule has 5 nitrogen and oxygen atoms in total. The Kier molecular flexibility index (Phi) is 7.25. The molecule has 0 amide bonds. The SMILES string of the molecule is Cc1c(COc2ccc3c(c2)C[C@@H](O)[C@H]3NCCC[SH](=O)=O)cccc1-c1ccccc1. The topological polar surface area (TPSA) is 75.6 Å². The van der Waals surface area contributed by atoms with Gasteiger partial charge in [0.25, 0.3) is 0 Å². The fourth-order valence-electron chi connectivity index (χ4n) is 4.35. The lowest BCUT2D eigenvalue weighted by atomic mass is 9.97. The van der Waals surface area contributed by atoms with E-state index in [1.165, 1.54) is 16.7 Å². The minimum absolute atomic E-state index is 0.162. The number of ether oxygens (including phenoxy) is 1. The van der Waals surface area contributed by atoms with Crippen molar-refractivity contribution in [3.8, 4) is 16.9 Å². The minimum atomic E-state index is -2.35. The van der Waals surface area contributed by atoms with Crippen LogP contribution in [-0.2, 0) is 23.7 Å². The van der Waals surface area contributed by atoms with Gasteiger partial charge in [-0.05, 0) is 65.4 Å². The van der Waals surface area contributed by atoms with Gasteiger partial charge in [-0.2, -0.15) is 0 Å². The molecule has 0 aromatic heterocycles. The summed E-state index contributed by atoms with van der Waals surface area (Å²) >= 11 is 0. The molecule has 1 aliphatic rings. The molecule has 32 heavy (non-hydrogen) atoms. The van der Waals surface area contributed by atoms with Crippen LogP contribution >= 0.6 is 0 Å². The van der Waals surface area contributed by atoms with Gasteiger partial charge in [0, 0.05) is 12.2 Å². The van der Waals surface area contributed by atoms with Gasteiger partial charge in [-0.15, -0.1) is 0 Å². The summed E-state index contributed by atoms with van der Waals surface area (Å²) in [4.78, 5) is 0. The van der Waals surface area contributed by atoms with Crippen LogP contribution in [0.15, 0.2) is 66.7 Å². The van der Waals surface area contributed by atoms with Gasteiger partial charge in [-0.1, -0.05) is 54.6 Å². The zero-order valence-electron chi connectivity index (χ0n) is 18.2. The summed E-state index contributed by atoms with van der Waals surface area (Å²) in [7, 11) is -2.35. The maximum absolute atomic E-state index is 10.7. The third-order valence-electron chi connectivity index (χ3n) is 6.07. The number of nitrogens with one attached hydrogen (secondary N) is 1. The Morgan fingerprint density at radius 3 is 2.66 bits per heavy atom. The summed E-state index contributed by atoms with van der Waals surface area (Å²) in [5, 5.41) is 13.8. The molecule has 6 heteroatoms. The van der Waals surface area contributed by atoms with Crippen molar-refractivity contribution in [2.75, 3.05) is 12.3 Å². The summed E-state index contributed by atoms with van der Waals surface area (Å²) < 4.78 is 27.5. The zero-order valence-corrected chi connectivity index (χ0v) is 19.1. The average molecular weight is 452 g/mol. The lowest BCUT2D eigenvalue weighted by Crippen LogP contribution is -2.29. The molecule has 0 aliphatic heterocycles. The van der Waals surface area contributed by atoms with Crippen LogP contribution in [0.2, 0.25) is 0 Å². The first-order valence-corrected chi connectivity index (χ1v) is 12.3. The molecule has 0 bridgehead atoms. The van der Waals surface area contributed by atoms with Crippen molar-refractivity contribution in [2.24, 2.45) is 0 Å². The zero-order chi connectivity index (χ0) is 22.5. The van der Waals surface area contributed by atoms with Crippen LogP contribution < -0.4 is 10.1 Å². The van der Waals surface area contributed by atoms with E-state index in [-0.39, 0.29) is 11.8 Å². The van der Waals surface area contributed by atoms with Crippen LogP contribution in [0.5, 0.6) is 5.75 Å². The Morgan fingerprint density at radius 2 is 1.88 bits per heavy atom. The first kappa shape index (κ1) is 22.5. The van der Waals surface area contributed by atoms with E-state index < -0.39 is 16.8 Å². The van der Waals surface area contributed by atoms with E-state index in [9.17, 15) is 13.5 Å². The van der Waals surface area contributed by atoms with Gasteiger partial charge in [-0.25, -0.2) is 8.42 Å². The van der Waals surface area contributed by atoms with E-state index in [1.54, 1.807) is 0 Å². The van der Waals surface area contributed by atoms with E-state index in [2.05, 4.69) is 42.6 Å². The number of hydrogen-bond donors (Lipinski definition) is 3. The molecule has 3 aromatic rings. The van der Waals surface area contributed by atoms with Crippen molar-refractivity contribution < 1.29 is 18.3 Å². The van der Waals surface area contributed by atoms with Crippen molar-refractivity contribution >= 4 is 10.7 Å². The van der Waals surface area contributed by atoms with Gasteiger partial charge in [0.15, 0.2) is 0 Å². The molecule has 1 aliphatic carbocycles. The van der Waals surface area contributed by atoms with Crippen molar-refractivity contribution in [1.29, 1.82) is 0 Å². The summed E-state index contributed by atoms with van der Waals surface area (Å²) in [5.41, 5.74) is 6.87. The minimum Gasteiger partial charge on any atom is -0.489 e. The Labute approximate surface area is 191 Å². The fourth-order valence-corrected chi connectivity index (χ4v) is 4.76. The average Bonchev–Trinajstić information content (AvgIpc) is 3.10. The molecule has 0 unspecified atom stereocenters. The second-order valence-electron chi connectivity index (χ2n) is 8.22. The molecule has 0 fully saturated rings. The van der Waals surface area contributed by atoms with E-state index in [1.807, 2.05) is 36.4 Å². The number of thiol groups is 1. The third-order valence-corrected chi connectivity index (χ3v) is 6.75. The molecule has 168 valence electrons. The summed E-state index contributed by atoms with van der Waals surface area (Å²) in [6.07, 6.45) is 0.577. The molecular weight excluding hydrogens is 422 g/mol. The van der Waals surface area contributed by atoms with Gasteiger partial charge in [-0.3, -0.25) is 0 Å². The van der Waals surface area contributed by atoms with Crippen LogP contribution in [0.1, 0.15) is 34.7 Å². The maximum atomic E-state index is 10.7. The Bertz CT molecular complexity index is 1140. The highest BCUT2D eigenvalue weighted by Crippen LogP contribution is 2.34. The van der Waals surface area contributed by atoms with Crippen LogP contribution in [0.4, 0.5) is 0 Å². The second kappa shape index (κ2) is 10.3. The van der Waals surface area contributed by atoms with Gasteiger partial charge in [0.1, 0.15) is 23.1 Å². The summed E-state index contributed by atoms with van der Waals surface area (Å²) in [6, 6.07) is 22.4. The number of aliphatic hydroxyl groups is 1. The van der Waals surface area contributed by atoms with Crippen molar-refractivity contribution in [3.05, 3.63) is 89.0 Å². The molecule has 2 atom stereocenters. The molecule has 0 radical (unpaired) electrons. The predicted octanol–water partition coefficient (Wildman–Crippen LogP) is 3.79. The Morgan fingerprint density at radius 1 is 1.06 bits per heavy atom. The first-order valence-electron chi connectivity index (χ1n) is 11.0. The largest absolute Gasteiger partial charge is 0.489 e. The van der Waals surface area contributed by atoms with Gasteiger partial charge in [0.2, 0.25) is 0 Å². The number of benzene rings is 3. The maximum Gasteiger partial charge on any atom is 0.140 e. The van der Waals surface area contributed by atoms with Gasteiger partial charge < -0.3 is 15.2 Å². The number of rotatable bonds is 9. The lowest BCUT2D eigenvalue weighted by molar-refractivity contribution is 0.141. The molecule has 2 N–H and O–H groups in total. The molecule has 0 heterocycles.